The Kier molecular flexibility index (Phi) is 10.1. The molecule has 0 aliphatic heterocycles. The first-order chi connectivity index (χ1) is 16.0. The second-order valence-electron chi connectivity index (χ2n) is 8.53. The van der Waals surface area contributed by atoms with Gasteiger partial charge in [-0.3, -0.25) is 9.59 Å². The molecular formula is C26H32ClFN2O2S. The molecule has 3 rings (SSSR count). The highest BCUT2D eigenvalue weighted by molar-refractivity contribution is 7.99. The van der Waals surface area contributed by atoms with Crippen molar-refractivity contribution in [2.24, 2.45) is 0 Å². The number of rotatable bonds is 10. The second kappa shape index (κ2) is 13.0. The van der Waals surface area contributed by atoms with E-state index in [-0.39, 0.29) is 29.4 Å². The molecule has 1 N–H and O–H groups in total. The molecule has 0 aromatic heterocycles. The van der Waals surface area contributed by atoms with Crippen molar-refractivity contribution in [1.29, 1.82) is 0 Å². The summed E-state index contributed by atoms with van der Waals surface area (Å²) in [5, 5.41) is 3.82. The van der Waals surface area contributed by atoms with Gasteiger partial charge in [0, 0.05) is 23.4 Å². The number of thioether (sulfide) groups is 1. The van der Waals surface area contributed by atoms with Crippen LogP contribution in [-0.4, -0.2) is 34.6 Å². The lowest BCUT2D eigenvalue weighted by Gasteiger charge is -2.32. The van der Waals surface area contributed by atoms with Crippen LogP contribution >= 0.6 is 23.4 Å². The number of halogens is 2. The van der Waals surface area contributed by atoms with Crippen LogP contribution in [0, 0.1) is 5.82 Å². The van der Waals surface area contributed by atoms with Gasteiger partial charge in [-0.1, -0.05) is 62.1 Å². The Morgan fingerprint density at radius 2 is 1.70 bits per heavy atom. The van der Waals surface area contributed by atoms with E-state index in [2.05, 4.69) is 5.32 Å². The van der Waals surface area contributed by atoms with E-state index in [1.54, 1.807) is 29.2 Å². The predicted molar refractivity (Wildman–Crippen MR) is 134 cm³/mol. The molecule has 2 aromatic carbocycles. The summed E-state index contributed by atoms with van der Waals surface area (Å²) in [6.07, 6.45) is 6.03. The van der Waals surface area contributed by atoms with Crippen molar-refractivity contribution in [2.75, 3.05) is 5.75 Å². The van der Waals surface area contributed by atoms with Gasteiger partial charge in [-0.15, -0.1) is 11.8 Å². The van der Waals surface area contributed by atoms with E-state index >= 15 is 0 Å². The lowest BCUT2D eigenvalue weighted by molar-refractivity contribution is -0.139. The Balaban J connectivity index is 1.68. The van der Waals surface area contributed by atoms with Crippen LogP contribution in [0.4, 0.5) is 4.39 Å². The number of nitrogens with zero attached hydrogens (tertiary/aromatic N) is 1. The van der Waals surface area contributed by atoms with Crippen LogP contribution < -0.4 is 5.32 Å². The van der Waals surface area contributed by atoms with E-state index in [4.69, 9.17) is 11.6 Å². The van der Waals surface area contributed by atoms with Crippen LogP contribution in [0.2, 0.25) is 5.02 Å². The molecular weight excluding hydrogens is 459 g/mol. The summed E-state index contributed by atoms with van der Waals surface area (Å²) in [4.78, 5) is 28.2. The molecule has 4 nitrogen and oxygen atoms in total. The number of benzene rings is 2. The maximum absolute atomic E-state index is 13.3. The van der Waals surface area contributed by atoms with E-state index < -0.39 is 6.04 Å². The SMILES string of the molecule is CCC(C(=O)NC1CCCCC1)N(Cc1ccc(Cl)cc1)C(=O)CSCc1ccc(F)cc1. The first kappa shape index (κ1) is 25.6. The number of amides is 2. The maximum atomic E-state index is 13.3. The standard InChI is InChI=1S/C26H32ClFN2O2S/c1-2-24(26(32)29-23-6-4-3-5-7-23)30(16-19-8-12-21(27)13-9-19)25(31)18-33-17-20-10-14-22(28)15-11-20/h8-15,23-24H,2-7,16-18H2,1H3,(H,29,32). The van der Waals surface area contributed by atoms with Gasteiger partial charge in [0.25, 0.3) is 0 Å². The highest BCUT2D eigenvalue weighted by atomic mass is 35.5. The van der Waals surface area contributed by atoms with Crippen molar-refractivity contribution in [1.82, 2.24) is 10.2 Å². The quantitative estimate of drug-likeness (QED) is 0.446. The summed E-state index contributed by atoms with van der Waals surface area (Å²) in [5.74, 6) is 0.422. The molecule has 0 radical (unpaired) electrons. The zero-order valence-electron chi connectivity index (χ0n) is 19.1. The smallest absolute Gasteiger partial charge is 0.243 e. The topological polar surface area (TPSA) is 49.4 Å². The largest absolute Gasteiger partial charge is 0.352 e. The number of hydrogen-bond acceptors (Lipinski definition) is 3. The molecule has 0 spiro atoms. The van der Waals surface area contributed by atoms with Crippen molar-refractivity contribution in [3.63, 3.8) is 0 Å². The van der Waals surface area contributed by atoms with Crippen LogP contribution in [-0.2, 0) is 21.9 Å². The third-order valence-corrected chi connectivity index (χ3v) is 7.25. The second-order valence-corrected chi connectivity index (χ2v) is 9.96. The molecule has 178 valence electrons. The van der Waals surface area contributed by atoms with Crippen molar-refractivity contribution < 1.29 is 14.0 Å². The molecule has 1 saturated carbocycles. The molecule has 1 aliphatic rings. The molecule has 7 heteroatoms. The van der Waals surface area contributed by atoms with Gasteiger partial charge < -0.3 is 10.2 Å². The fraction of sp³-hybridized carbons (Fsp3) is 0.462. The van der Waals surface area contributed by atoms with Gasteiger partial charge in [-0.2, -0.15) is 0 Å². The van der Waals surface area contributed by atoms with Gasteiger partial charge in [0.2, 0.25) is 11.8 Å². The van der Waals surface area contributed by atoms with Gasteiger partial charge in [0.15, 0.2) is 0 Å². The molecule has 0 heterocycles. The molecule has 1 unspecified atom stereocenters. The van der Waals surface area contributed by atoms with Crippen LogP contribution in [0.15, 0.2) is 48.5 Å². The Morgan fingerprint density at radius 1 is 1.06 bits per heavy atom. The van der Waals surface area contributed by atoms with E-state index in [1.807, 2.05) is 19.1 Å². The monoisotopic (exact) mass is 490 g/mol. The minimum Gasteiger partial charge on any atom is -0.352 e. The molecule has 1 atom stereocenters. The van der Waals surface area contributed by atoms with Gasteiger partial charge in [0.1, 0.15) is 11.9 Å². The first-order valence-corrected chi connectivity index (χ1v) is 13.2. The van der Waals surface area contributed by atoms with E-state index in [0.29, 0.717) is 23.7 Å². The maximum Gasteiger partial charge on any atom is 0.243 e. The Morgan fingerprint density at radius 3 is 2.33 bits per heavy atom. The number of nitrogens with one attached hydrogen (secondary N) is 1. The van der Waals surface area contributed by atoms with Crippen LogP contribution in [0.5, 0.6) is 0 Å². The Bertz CT molecular complexity index is 902. The third-order valence-electron chi connectivity index (χ3n) is 6.01. The van der Waals surface area contributed by atoms with Crippen molar-refractivity contribution in [2.45, 2.75) is 69.8 Å². The fourth-order valence-corrected chi connectivity index (χ4v) is 5.17. The van der Waals surface area contributed by atoms with E-state index in [0.717, 1.165) is 36.8 Å². The minimum absolute atomic E-state index is 0.0738. The summed E-state index contributed by atoms with van der Waals surface area (Å²) in [6.45, 7) is 2.29. The molecule has 0 bridgehead atoms. The average Bonchev–Trinajstić information content (AvgIpc) is 2.82. The highest BCUT2D eigenvalue weighted by Crippen LogP contribution is 2.21. The Labute approximate surface area is 205 Å². The minimum atomic E-state index is -0.526. The van der Waals surface area contributed by atoms with Gasteiger partial charge in [-0.05, 0) is 54.7 Å². The number of hydrogen-bond donors (Lipinski definition) is 1. The highest BCUT2D eigenvalue weighted by Gasteiger charge is 2.30. The fourth-order valence-electron chi connectivity index (χ4n) is 4.17. The average molecular weight is 491 g/mol. The van der Waals surface area contributed by atoms with Crippen molar-refractivity contribution >= 4 is 35.2 Å². The van der Waals surface area contributed by atoms with Crippen molar-refractivity contribution in [3.8, 4) is 0 Å². The van der Waals surface area contributed by atoms with E-state index in [9.17, 15) is 14.0 Å². The predicted octanol–water partition coefficient (Wildman–Crippen LogP) is 5.97. The number of carbonyl (C=O) groups excluding carboxylic acids is 2. The lowest BCUT2D eigenvalue weighted by Crippen LogP contribution is -2.52. The Hall–Kier alpha value is -2.05. The first-order valence-electron chi connectivity index (χ1n) is 11.6. The summed E-state index contributed by atoms with van der Waals surface area (Å²) >= 11 is 7.49. The van der Waals surface area contributed by atoms with E-state index in [1.165, 1.54) is 30.3 Å². The van der Waals surface area contributed by atoms with Gasteiger partial charge in [0.05, 0.1) is 5.75 Å². The van der Waals surface area contributed by atoms with Gasteiger partial charge >= 0.3 is 0 Å². The summed E-state index contributed by atoms with van der Waals surface area (Å²) in [5.41, 5.74) is 1.89. The number of carbonyl (C=O) groups is 2. The molecule has 2 aromatic rings. The molecule has 0 saturated heterocycles. The summed E-state index contributed by atoms with van der Waals surface area (Å²) in [6, 6.07) is 13.3. The van der Waals surface area contributed by atoms with Crippen molar-refractivity contribution in [3.05, 3.63) is 70.5 Å². The van der Waals surface area contributed by atoms with Crippen LogP contribution in [0.25, 0.3) is 0 Å². The molecule has 33 heavy (non-hydrogen) atoms. The molecule has 1 aliphatic carbocycles. The summed E-state index contributed by atoms with van der Waals surface area (Å²) < 4.78 is 13.1. The van der Waals surface area contributed by atoms with Crippen LogP contribution in [0.3, 0.4) is 0 Å². The van der Waals surface area contributed by atoms with Gasteiger partial charge in [-0.25, -0.2) is 4.39 Å². The normalized spacial score (nSPS) is 15.1. The molecule has 2 amide bonds. The third kappa shape index (κ3) is 8.04. The van der Waals surface area contributed by atoms with Crippen LogP contribution in [0.1, 0.15) is 56.6 Å². The summed E-state index contributed by atoms with van der Waals surface area (Å²) in [7, 11) is 0. The molecule has 1 fully saturated rings. The lowest BCUT2D eigenvalue weighted by atomic mass is 9.95. The zero-order chi connectivity index (χ0) is 23.6. The zero-order valence-corrected chi connectivity index (χ0v) is 20.6.